The molecule has 0 aliphatic rings. The molecule has 0 aliphatic carbocycles. The summed E-state index contributed by atoms with van der Waals surface area (Å²) in [6.07, 6.45) is 0. The molecule has 0 saturated heterocycles. The van der Waals surface area contributed by atoms with Crippen molar-refractivity contribution in [3.63, 3.8) is 0 Å². The lowest BCUT2D eigenvalue weighted by Crippen LogP contribution is -2.05. The van der Waals surface area contributed by atoms with Crippen LogP contribution in [0.5, 0.6) is 0 Å². The predicted octanol–water partition coefficient (Wildman–Crippen LogP) is 1.75. The van der Waals surface area contributed by atoms with Crippen molar-refractivity contribution >= 4 is 26.4 Å². The zero-order chi connectivity index (χ0) is 11.5. The molecule has 0 radical (unpaired) electrons. The van der Waals surface area contributed by atoms with Gasteiger partial charge in [-0.25, -0.2) is 8.42 Å². The minimum Gasteiger partial charge on any atom is -0.222 e. The van der Waals surface area contributed by atoms with Crippen molar-refractivity contribution < 1.29 is 8.42 Å². The molecular weight excluding hydrogens is 238 g/mol. The van der Waals surface area contributed by atoms with Crippen molar-refractivity contribution in [1.82, 2.24) is 4.37 Å². The number of hydrogen-bond acceptors (Lipinski definition) is 6. The van der Waals surface area contributed by atoms with Crippen LogP contribution in [0.4, 0.5) is 5.00 Å². The van der Waals surface area contributed by atoms with Gasteiger partial charge in [-0.05, 0) is 22.2 Å². The summed E-state index contributed by atoms with van der Waals surface area (Å²) in [7, 11) is -3.54. The summed E-state index contributed by atoms with van der Waals surface area (Å²) >= 11 is 0.695. The Balaban J connectivity index is 3.48. The van der Waals surface area contributed by atoms with Crippen LogP contribution < -0.4 is 0 Å². The lowest BCUT2D eigenvalue weighted by Gasteiger charge is -1.95. The zero-order valence-electron chi connectivity index (χ0n) is 7.58. The predicted molar refractivity (Wildman–Crippen MR) is 53.4 cm³/mol. The molecule has 7 nitrogen and oxygen atoms in total. The summed E-state index contributed by atoms with van der Waals surface area (Å²) in [5.41, 5.74) is 8.01. The number of nitriles is 1. The number of nitrogens with zero attached hydrogens (tertiary/aromatic N) is 5. The lowest BCUT2D eigenvalue weighted by atomic mass is 10.4. The number of azide groups is 1. The Kier molecular flexibility index (Phi) is 3.26. The maximum absolute atomic E-state index is 11.5. The van der Waals surface area contributed by atoms with Crippen molar-refractivity contribution in [1.29, 1.82) is 5.26 Å². The second-order valence-corrected chi connectivity index (χ2v) is 5.32. The molecule has 9 heteroatoms. The second kappa shape index (κ2) is 4.27. The maximum atomic E-state index is 11.5. The second-order valence-electron chi connectivity index (χ2n) is 2.37. The van der Waals surface area contributed by atoms with Crippen LogP contribution in [0.25, 0.3) is 10.4 Å². The van der Waals surface area contributed by atoms with Gasteiger partial charge in [-0.3, -0.25) is 0 Å². The highest BCUT2D eigenvalue weighted by molar-refractivity contribution is 7.91. The molecule has 15 heavy (non-hydrogen) atoms. The highest BCUT2D eigenvalue weighted by atomic mass is 32.2. The van der Waals surface area contributed by atoms with Crippen LogP contribution in [-0.4, -0.2) is 18.5 Å². The Morgan fingerprint density at radius 2 is 2.40 bits per heavy atom. The molecule has 0 amide bonds. The van der Waals surface area contributed by atoms with E-state index in [-0.39, 0.29) is 21.3 Å². The van der Waals surface area contributed by atoms with Gasteiger partial charge in [-0.1, -0.05) is 6.92 Å². The van der Waals surface area contributed by atoms with Crippen LogP contribution in [0.1, 0.15) is 12.5 Å². The number of sulfone groups is 1. The van der Waals surface area contributed by atoms with Crippen LogP contribution in [0.2, 0.25) is 0 Å². The van der Waals surface area contributed by atoms with E-state index >= 15 is 0 Å². The Labute approximate surface area is 89.7 Å². The molecule has 1 aromatic rings. The summed E-state index contributed by atoms with van der Waals surface area (Å²) in [5.74, 6) is -0.152. The lowest BCUT2D eigenvalue weighted by molar-refractivity contribution is 0.594. The fourth-order valence-corrected chi connectivity index (χ4v) is 2.75. The molecule has 1 rings (SSSR count). The largest absolute Gasteiger partial charge is 0.222 e. The molecule has 0 saturated carbocycles. The van der Waals surface area contributed by atoms with E-state index in [1.807, 2.05) is 0 Å². The monoisotopic (exact) mass is 243 g/mol. The standard InChI is InChI=1S/C6H5N5O2S2/c1-2-15(12,13)6-4(3-7)5(9-11-8)14-10-6/h2H2,1H3. The van der Waals surface area contributed by atoms with Crippen molar-refractivity contribution in [2.45, 2.75) is 11.9 Å². The highest BCUT2D eigenvalue weighted by Gasteiger charge is 2.23. The summed E-state index contributed by atoms with van der Waals surface area (Å²) in [6.45, 7) is 1.45. The van der Waals surface area contributed by atoms with Crippen LogP contribution in [0, 0.1) is 11.3 Å². The minimum absolute atomic E-state index is 0.0213. The van der Waals surface area contributed by atoms with Gasteiger partial charge in [-0.15, -0.1) is 0 Å². The van der Waals surface area contributed by atoms with Gasteiger partial charge >= 0.3 is 0 Å². The molecule has 1 heterocycles. The van der Waals surface area contributed by atoms with E-state index in [0.29, 0.717) is 11.5 Å². The highest BCUT2D eigenvalue weighted by Crippen LogP contribution is 2.30. The van der Waals surface area contributed by atoms with E-state index in [9.17, 15) is 8.42 Å². The van der Waals surface area contributed by atoms with Crippen molar-refractivity contribution in [3.8, 4) is 6.07 Å². The van der Waals surface area contributed by atoms with Gasteiger partial charge in [-0.2, -0.15) is 9.64 Å². The Morgan fingerprint density at radius 3 is 2.87 bits per heavy atom. The average Bonchev–Trinajstić information content (AvgIpc) is 2.62. The van der Waals surface area contributed by atoms with Crippen LogP contribution in [0.15, 0.2) is 10.1 Å². The third kappa shape index (κ3) is 2.07. The Hall–Kier alpha value is -1.62. The van der Waals surface area contributed by atoms with Gasteiger partial charge in [0.2, 0.25) is 0 Å². The Bertz CT molecular complexity index is 561. The molecule has 0 fully saturated rings. The summed E-state index contributed by atoms with van der Waals surface area (Å²) in [4.78, 5) is 2.49. The molecule has 0 unspecified atom stereocenters. The minimum atomic E-state index is -3.54. The molecule has 0 aromatic carbocycles. The fourth-order valence-electron chi connectivity index (χ4n) is 0.821. The van der Waals surface area contributed by atoms with E-state index in [1.165, 1.54) is 6.92 Å². The molecular formula is C6H5N5O2S2. The van der Waals surface area contributed by atoms with E-state index in [1.54, 1.807) is 6.07 Å². The molecule has 0 N–H and O–H groups in total. The number of aromatic nitrogens is 1. The normalized spacial score (nSPS) is 10.4. The van der Waals surface area contributed by atoms with Crippen LogP contribution in [0.3, 0.4) is 0 Å². The smallest absolute Gasteiger partial charge is 0.197 e. The van der Waals surface area contributed by atoms with Crippen LogP contribution >= 0.6 is 11.5 Å². The molecule has 78 valence electrons. The van der Waals surface area contributed by atoms with E-state index < -0.39 is 9.84 Å². The van der Waals surface area contributed by atoms with Gasteiger partial charge in [0.05, 0.1) is 5.75 Å². The summed E-state index contributed by atoms with van der Waals surface area (Å²) in [6, 6.07) is 1.67. The van der Waals surface area contributed by atoms with E-state index in [2.05, 4.69) is 14.4 Å². The molecule has 0 spiro atoms. The molecule has 1 aromatic heterocycles. The molecule has 0 bridgehead atoms. The average molecular weight is 243 g/mol. The van der Waals surface area contributed by atoms with Gasteiger partial charge in [0.15, 0.2) is 14.9 Å². The zero-order valence-corrected chi connectivity index (χ0v) is 9.21. The first-order valence-electron chi connectivity index (χ1n) is 3.74. The van der Waals surface area contributed by atoms with E-state index in [0.717, 1.165) is 0 Å². The number of rotatable bonds is 3. The molecule has 0 atom stereocenters. The van der Waals surface area contributed by atoms with Gasteiger partial charge in [0.1, 0.15) is 16.6 Å². The fraction of sp³-hybridized carbons (Fsp3) is 0.333. The first-order chi connectivity index (χ1) is 7.06. The third-order valence-corrected chi connectivity index (χ3v) is 4.06. The third-order valence-electron chi connectivity index (χ3n) is 1.56. The Morgan fingerprint density at radius 1 is 1.73 bits per heavy atom. The van der Waals surface area contributed by atoms with E-state index in [4.69, 9.17) is 10.8 Å². The summed E-state index contributed by atoms with van der Waals surface area (Å²) in [5, 5.41) is 11.6. The SMILES string of the molecule is CCS(=O)(=O)c1nsc(N=[N+]=[N-])c1C#N. The number of hydrogen-bond donors (Lipinski definition) is 0. The topological polar surface area (TPSA) is 120 Å². The summed E-state index contributed by atoms with van der Waals surface area (Å²) < 4.78 is 26.5. The first-order valence-corrected chi connectivity index (χ1v) is 6.17. The van der Waals surface area contributed by atoms with Crippen molar-refractivity contribution in [2.75, 3.05) is 5.75 Å². The molecule has 0 aliphatic heterocycles. The first kappa shape index (κ1) is 11.5. The van der Waals surface area contributed by atoms with Crippen LogP contribution in [-0.2, 0) is 9.84 Å². The quantitative estimate of drug-likeness (QED) is 0.456. The van der Waals surface area contributed by atoms with Crippen molar-refractivity contribution in [3.05, 3.63) is 16.0 Å². The van der Waals surface area contributed by atoms with Crippen molar-refractivity contribution in [2.24, 2.45) is 5.11 Å². The maximum Gasteiger partial charge on any atom is 0.197 e. The van der Waals surface area contributed by atoms with Gasteiger partial charge in [0.25, 0.3) is 0 Å². The van der Waals surface area contributed by atoms with Gasteiger partial charge in [0, 0.05) is 4.91 Å². The van der Waals surface area contributed by atoms with Gasteiger partial charge < -0.3 is 0 Å².